The van der Waals surface area contributed by atoms with Crippen molar-refractivity contribution >= 4 is 34.8 Å². The molecule has 2 N–H and O–H groups in total. The van der Waals surface area contributed by atoms with Gasteiger partial charge in [-0.2, -0.15) is 0 Å². The first-order valence-corrected chi connectivity index (χ1v) is 4.62. The maximum atomic E-state index is 8.90. The smallest absolute Gasteiger partial charge is 0.0711 e. The SMILES string of the molecule is OCc1cc(Cl)c(CO)c(Cl)c1Cl. The normalized spacial score (nSPS) is 10.5. The predicted molar refractivity (Wildman–Crippen MR) is 53.3 cm³/mol. The van der Waals surface area contributed by atoms with Crippen LogP contribution in [0.2, 0.25) is 15.1 Å². The number of halogens is 3. The van der Waals surface area contributed by atoms with Crippen molar-refractivity contribution in [2.45, 2.75) is 13.2 Å². The molecule has 0 radical (unpaired) electrons. The van der Waals surface area contributed by atoms with Crippen LogP contribution in [0.25, 0.3) is 0 Å². The second kappa shape index (κ2) is 4.49. The molecule has 0 aliphatic carbocycles. The van der Waals surface area contributed by atoms with Gasteiger partial charge in [-0.1, -0.05) is 34.8 Å². The molecule has 5 heteroatoms. The molecule has 0 atom stereocenters. The van der Waals surface area contributed by atoms with Gasteiger partial charge in [-0.15, -0.1) is 0 Å². The molecule has 1 aromatic carbocycles. The van der Waals surface area contributed by atoms with Gasteiger partial charge in [-0.3, -0.25) is 0 Å². The van der Waals surface area contributed by atoms with E-state index in [1.165, 1.54) is 6.07 Å². The van der Waals surface area contributed by atoms with Gasteiger partial charge in [0.1, 0.15) is 0 Å². The third-order valence-corrected chi connectivity index (χ3v) is 2.94. The zero-order valence-corrected chi connectivity index (χ0v) is 8.79. The van der Waals surface area contributed by atoms with Gasteiger partial charge in [0.2, 0.25) is 0 Å². The highest BCUT2D eigenvalue weighted by Gasteiger charge is 2.12. The summed E-state index contributed by atoms with van der Waals surface area (Å²) in [5.41, 5.74) is 0.833. The number of aliphatic hydroxyl groups excluding tert-OH is 2. The van der Waals surface area contributed by atoms with E-state index in [4.69, 9.17) is 45.0 Å². The van der Waals surface area contributed by atoms with Crippen molar-refractivity contribution in [3.05, 3.63) is 32.3 Å². The van der Waals surface area contributed by atoms with Crippen LogP contribution in [0.4, 0.5) is 0 Å². The zero-order valence-electron chi connectivity index (χ0n) is 6.52. The van der Waals surface area contributed by atoms with Gasteiger partial charge in [-0.05, 0) is 11.6 Å². The van der Waals surface area contributed by atoms with Crippen molar-refractivity contribution in [1.29, 1.82) is 0 Å². The van der Waals surface area contributed by atoms with Crippen molar-refractivity contribution in [2.75, 3.05) is 0 Å². The van der Waals surface area contributed by atoms with E-state index in [0.717, 1.165) is 0 Å². The Morgan fingerprint density at radius 2 is 1.62 bits per heavy atom. The number of rotatable bonds is 2. The van der Waals surface area contributed by atoms with Crippen molar-refractivity contribution in [2.24, 2.45) is 0 Å². The molecule has 72 valence electrons. The van der Waals surface area contributed by atoms with E-state index in [1.807, 2.05) is 0 Å². The quantitative estimate of drug-likeness (QED) is 0.782. The van der Waals surface area contributed by atoms with Crippen LogP contribution in [0.3, 0.4) is 0 Å². The molecule has 1 aromatic rings. The summed E-state index contributed by atoms with van der Waals surface area (Å²) < 4.78 is 0. The van der Waals surface area contributed by atoms with Gasteiger partial charge in [0.05, 0.1) is 23.3 Å². The molecule has 0 fully saturated rings. The largest absolute Gasteiger partial charge is 0.392 e. The highest BCUT2D eigenvalue weighted by Crippen LogP contribution is 2.34. The van der Waals surface area contributed by atoms with Crippen LogP contribution < -0.4 is 0 Å². The third kappa shape index (κ3) is 2.09. The average Bonchev–Trinajstić information content (AvgIpc) is 2.12. The minimum Gasteiger partial charge on any atom is -0.392 e. The Balaban J connectivity index is 3.37. The molecule has 0 bridgehead atoms. The van der Waals surface area contributed by atoms with Crippen LogP contribution in [0.15, 0.2) is 6.07 Å². The molecular formula is C8H7Cl3O2. The Bertz CT molecular complexity index is 326. The van der Waals surface area contributed by atoms with Crippen molar-refractivity contribution in [1.82, 2.24) is 0 Å². The maximum Gasteiger partial charge on any atom is 0.0711 e. The fourth-order valence-electron chi connectivity index (χ4n) is 0.942. The lowest BCUT2D eigenvalue weighted by Crippen LogP contribution is -1.93. The molecule has 1 rings (SSSR count). The standard InChI is InChI=1S/C8H7Cl3O2/c9-6-1-4(2-12)7(10)8(11)5(6)3-13/h1,12-13H,2-3H2. The summed E-state index contributed by atoms with van der Waals surface area (Å²) in [4.78, 5) is 0. The first kappa shape index (κ1) is 11.1. The van der Waals surface area contributed by atoms with E-state index in [9.17, 15) is 0 Å². The topological polar surface area (TPSA) is 40.5 Å². The summed E-state index contributed by atoms with van der Waals surface area (Å²) in [6.07, 6.45) is 0. The van der Waals surface area contributed by atoms with E-state index < -0.39 is 0 Å². The molecule has 0 saturated carbocycles. The van der Waals surface area contributed by atoms with E-state index in [2.05, 4.69) is 0 Å². The summed E-state index contributed by atoms with van der Waals surface area (Å²) in [6.45, 7) is -0.507. The minimum absolute atomic E-state index is 0.195. The molecule has 0 saturated heterocycles. The Hall–Kier alpha value is 0.01000. The van der Waals surface area contributed by atoms with Crippen molar-refractivity contribution in [3.63, 3.8) is 0 Å². The summed E-state index contributed by atoms with van der Waals surface area (Å²) in [7, 11) is 0. The van der Waals surface area contributed by atoms with Crippen molar-refractivity contribution in [3.8, 4) is 0 Å². The lowest BCUT2D eigenvalue weighted by atomic mass is 10.1. The van der Waals surface area contributed by atoms with E-state index >= 15 is 0 Å². The fourth-order valence-corrected chi connectivity index (χ4v) is 1.79. The van der Waals surface area contributed by atoms with E-state index in [-0.39, 0.29) is 23.3 Å². The summed E-state index contributed by atoms with van der Waals surface area (Å²) in [5.74, 6) is 0. The first-order valence-electron chi connectivity index (χ1n) is 3.48. The Labute approximate surface area is 90.7 Å². The Kier molecular flexibility index (Phi) is 3.83. The lowest BCUT2D eigenvalue weighted by Gasteiger charge is -2.09. The lowest BCUT2D eigenvalue weighted by molar-refractivity contribution is 0.278. The van der Waals surface area contributed by atoms with Crippen LogP contribution >= 0.6 is 34.8 Å². The molecule has 0 unspecified atom stereocenters. The van der Waals surface area contributed by atoms with Crippen LogP contribution in [-0.2, 0) is 13.2 Å². The third-order valence-electron chi connectivity index (χ3n) is 1.66. The highest BCUT2D eigenvalue weighted by atomic mass is 35.5. The number of aliphatic hydroxyl groups is 2. The highest BCUT2D eigenvalue weighted by molar-refractivity contribution is 6.44. The van der Waals surface area contributed by atoms with Crippen LogP contribution in [-0.4, -0.2) is 10.2 Å². The number of hydrogen-bond acceptors (Lipinski definition) is 2. The monoisotopic (exact) mass is 240 g/mol. The second-order valence-electron chi connectivity index (χ2n) is 2.44. The molecule has 0 aliphatic rings. The van der Waals surface area contributed by atoms with Gasteiger partial charge in [0.15, 0.2) is 0 Å². The predicted octanol–water partition coefficient (Wildman–Crippen LogP) is 2.63. The number of benzene rings is 1. The molecule has 0 spiro atoms. The van der Waals surface area contributed by atoms with Crippen LogP contribution in [0.1, 0.15) is 11.1 Å². The zero-order chi connectivity index (χ0) is 10.0. The van der Waals surface area contributed by atoms with Gasteiger partial charge in [0, 0.05) is 10.6 Å². The fraction of sp³-hybridized carbons (Fsp3) is 0.250. The molecule has 0 aliphatic heterocycles. The number of hydrogen-bond donors (Lipinski definition) is 2. The molecule has 0 heterocycles. The van der Waals surface area contributed by atoms with Gasteiger partial charge in [0.25, 0.3) is 0 Å². The first-order chi connectivity index (χ1) is 6.11. The molecule has 0 aromatic heterocycles. The van der Waals surface area contributed by atoms with Gasteiger partial charge < -0.3 is 10.2 Å². The maximum absolute atomic E-state index is 8.90. The van der Waals surface area contributed by atoms with E-state index in [1.54, 1.807) is 0 Å². The van der Waals surface area contributed by atoms with Crippen molar-refractivity contribution < 1.29 is 10.2 Å². The molecular weight excluding hydrogens is 234 g/mol. The molecule has 2 nitrogen and oxygen atoms in total. The Morgan fingerprint density at radius 3 is 2.08 bits per heavy atom. The summed E-state index contributed by atoms with van der Waals surface area (Å²) >= 11 is 17.4. The molecule has 13 heavy (non-hydrogen) atoms. The van der Waals surface area contributed by atoms with Crippen LogP contribution in [0, 0.1) is 0 Å². The second-order valence-corrected chi connectivity index (χ2v) is 3.60. The van der Waals surface area contributed by atoms with E-state index in [0.29, 0.717) is 16.1 Å². The van der Waals surface area contributed by atoms with Crippen LogP contribution in [0.5, 0.6) is 0 Å². The molecule has 0 amide bonds. The summed E-state index contributed by atoms with van der Waals surface area (Å²) in [6, 6.07) is 1.49. The summed E-state index contributed by atoms with van der Waals surface area (Å²) in [5, 5.41) is 18.5. The minimum atomic E-state index is -0.275. The van der Waals surface area contributed by atoms with Gasteiger partial charge >= 0.3 is 0 Å². The Morgan fingerprint density at radius 1 is 1.00 bits per heavy atom. The average molecular weight is 242 g/mol. The van der Waals surface area contributed by atoms with Gasteiger partial charge in [-0.25, -0.2) is 0 Å².